The van der Waals surface area contributed by atoms with Crippen LogP contribution in [-0.2, 0) is 4.79 Å². The number of carbonyl (C=O) groups excluding carboxylic acids is 1. The number of halogens is 2. The van der Waals surface area contributed by atoms with Crippen molar-refractivity contribution in [2.24, 2.45) is 5.92 Å². The van der Waals surface area contributed by atoms with E-state index in [4.69, 9.17) is 0 Å². The second kappa shape index (κ2) is 5.21. The molecule has 0 bridgehead atoms. The first kappa shape index (κ1) is 12.0. The number of ketones is 1. The normalized spacial score (nSPS) is 32.6. The van der Waals surface area contributed by atoms with Gasteiger partial charge in [0, 0.05) is 18.4 Å². The Bertz CT molecular complexity index is 257. The van der Waals surface area contributed by atoms with E-state index in [9.17, 15) is 13.6 Å². The quantitative estimate of drug-likeness (QED) is 0.743. The van der Waals surface area contributed by atoms with Gasteiger partial charge in [-0.25, -0.2) is 8.78 Å². The second-order valence-corrected chi connectivity index (χ2v) is 4.91. The van der Waals surface area contributed by atoms with Crippen molar-refractivity contribution in [3.63, 3.8) is 0 Å². The molecular formula is C12H19F2NO. The fourth-order valence-corrected chi connectivity index (χ4v) is 3.13. The van der Waals surface area contributed by atoms with Crippen LogP contribution in [0, 0.1) is 5.92 Å². The zero-order valence-electron chi connectivity index (χ0n) is 9.50. The van der Waals surface area contributed by atoms with Gasteiger partial charge >= 0.3 is 0 Å². The minimum Gasteiger partial charge on any atom is -0.299 e. The van der Waals surface area contributed by atoms with Crippen LogP contribution < -0.4 is 0 Å². The monoisotopic (exact) mass is 231 g/mol. The molecule has 0 aromatic rings. The van der Waals surface area contributed by atoms with E-state index in [1.54, 1.807) is 0 Å². The van der Waals surface area contributed by atoms with Crippen molar-refractivity contribution < 1.29 is 13.6 Å². The van der Waals surface area contributed by atoms with Crippen molar-refractivity contribution >= 4 is 5.78 Å². The summed E-state index contributed by atoms with van der Waals surface area (Å²) in [5.74, 6) is 0.340. The van der Waals surface area contributed by atoms with Gasteiger partial charge < -0.3 is 0 Å². The molecule has 0 amide bonds. The zero-order valence-corrected chi connectivity index (χ0v) is 9.50. The minimum absolute atomic E-state index is 0.0370. The second-order valence-electron chi connectivity index (χ2n) is 4.91. The maximum Gasteiger partial charge on any atom is 0.251 e. The average molecular weight is 231 g/mol. The van der Waals surface area contributed by atoms with Crippen LogP contribution in [0.25, 0.3) is 0 Å². The summed E-state index contributed by atoms with van der Waals surface area (Å²) in [5, 5.41) is 0. The Labute approximate surface area is 95.0 Å². The predicted molar refractivity (Wildman–Crippen MR) is 57.6 cm³/mol. The van der Waals surface area contributed by atoms with Crippen LogP contribution in [0.3, 0.4) is 0 Å². The largest absolute Gasteiger partial charge is 0.299 e. The first-order valence-corrected chi connectivity index (χ1v) is 6.23. The smallest absolute Gasteiger partial charge is 0.251 e. The predicted octanol–water partition coefficient (Wildman–Crippen LogP) is 2.48. The molecule has 0 aromatic carbocycles. The summed E-state index contributed by atoms with van der Waals surface area (Å²) in [5.41, 5.74) is 0. The lowest BCUT2D eigenvalue weighted by Crippen LogP contribution is -2.42. The molecule has 16 heavy (non-hydrogen) atoms. The highest BCUT2D eigenvalue weighted by Gasteiger charge is 2.37. The summed E-state index contributed by atoms with van der Waals surface area (Å²) in [4.78, 5) is 13.6. The molecule has 92 valence electrons. The van der Waals surface area contributed by atoms with Crippen LogP contribution in [0.1, 0.15) is 38.5 Å². The number of hydrogen-bond donors (Lipinski definition) is 0. The Morgan fingerprint density at radius 1 is 1.25 bits per heavy atom. The molecular weight excluding hydrogens is 212 g/mol. The third kappa shape index (κ3) is 2.59. The highest BCUT2D eigenvalue weighted by Crippen LogP contribution is 2.32. The Kier molecular flexibility index (Phi) is 3.90. The lowest BCUT2D eigenvalue weighted by molar-refractivity contribution is -0.127. The van der Waals surface area contributed by atoms with Gasteiger partial charge in [-0.15, -0.1) is 0 Å². The Hall–Kier alpha value is -0.510. The van der Waals surface area contributed by atoms with Crippen molar-refractivity contribution in [3.8, 4) is 0 Å². The van der Waals surface area contributed by atoms with Crippen LogP contribution >= 0.6 is 0 Å². The van der Waals surface area contributed by atoms with E-state index in [-0.39, 0.29) is 18.5 Å². The Morgan fingerprint density at radius 2 is 2.06 bits per heavy atom. The molecule has 1 aliphatic carbocycles. The number of hydrogen-bond acceptors (Lipinski definition) is 2. The van der Waals surface area contributed by atoms with E-state index in [2.05, 4.69) is 0 Å². The van der Waals surface area contributed by atoms with Gasteiger partial charge in [-0.3, -0.25) is 9.69 Å². The SMILES string of the molecule is O=C1CCCCC1C1CCCN1CC(F)F. The number of carbonyl (C=O) groups is 1. The fraction of sp³-hybridized carbons (Fsp3) is 0.917. The van der Waals surface area contributed by atoms with E-state index in [0.717, 1.165) is 38.6 Å². The van der Waals surface area contributed by atoms with Crippen LogP contribution in [0.2, 0.25) is 0 Å². The van der Waals surface area contributed by atoms with Gasteiger partial charge in [0.1, 0.15) is 5.78 Å². The fourth-order valence-electron chi connectivity index (χ4n) is 3.13. The molecule has 2 nitrogen and oxygen atoms in total. The Balaban J connectivity index is 1.98. The van der Waals surface area contributed by atoms with E-state index in [0.29, 0.717) is 12.2 Å². The maximum absolute atomic E-state index is 12.4. The van der Waals surface area contributed by atoms with Gasteiger partial charge in [-0.05, 0) is 32.2 Å². The van der Waals surface area contributed by atoms with Crippen molar-refractivity contribution in [1.82, 2.24) is 4.90 Å². The van der Waals surface area contributed by atoms with Crippen LogP contribution in [0.5, 0.6) is 0 Å². The first-order valence-electron chi connectivity index (χ1n) is 6.23. The standard InChI is InChI=1S/C12H19F2NO/c13-12(14)8-15-7-3-5-10(15)9-4-1-2-6-11(9)16/h9-10,12H,1-8H2. The lowest BCUT2D eigenvalue weighted by Gasteiger charge is -2.32. The third-order valence-electron chi connectivity index (χ3n) is 3.85. The molecule has 0 aromatic heterocycles. The average Bonchev–Trinajstić information content (AvgIpc) is 2.66. The number of Topliss-reactive ketones (excluding diaryl/α,β-unsaturated/α-hetero) is 1. The zero-order chi connectivity index (χ0) is 11.5. The molecule has 0 radical (unpaired) electrons. The lowest BCUT2D eigenvalue weighted by atomic mass is 9.82. The number of likely N-dealkylation sites (tertiary alicyclic amines) is 1. The molecule has 0 N–H and O–H groups in total. The van der Waals surface area contributed by atoms with Crippen LogP contribution in [-0.4, -0.2) is 36.2 Å². The first-order chi connectivity index (χ1) is 7.68. The molecule has 2 rings (SSSR count). The summed E-state index contributed by atoms with van der Waals surface area (Å²) in [6.45, 7) is 0.577. The molecule has 1 aliphatic heterocycles. The molecule has 2 aliphatic rings. The topological polar surface area (TPSA) is 20.3 Å². The highest BCUT2D eigenvalue weighted by atomic mass is 19.3. The minimum atomic E-state index is -2.28. The van der Waals surface area contributed by atoms with Crippen molar-refractivity contribution in [3.05, 3.63) is 0 Å². The van der Waals surface area contributed by atoms with Gasteiger partial charge in [-0.1, -0.05) is 6.42 Å². The molecule has 4 heteroatoms. The molecule has 2 atom stereocenters. The van der Waals surface area contributed by atoms with Crippen molar-refractivity contribution in [2.45, 2.75) is 51.0 Å². The van der Waals surface area contributed by atoms with Gasteiger partial charge in [0.25, 0.3) is 6.43 Å². The molecule has 2 unspecified atom stereocenters. The molecule has 1 saturated heterocycles. The summed E-state index contributed by atoms with van der Waals surface area (Å²) >= 11 is 0. The van der Waals surface area contributed by atoms with Crippen LogP contribution in [0.15, 0.2) is 0 Å². The van der Waals surface area contributed by atoms with E-state index in [1.165, 1.54) is 0 Å². The summed E-state index contributed by atoms with van der Waals surface area (Å²) in [6.07, 6.45) is 3.23. The number of alkyl halides is 2. The van der Waals surface area contributed by atoms with Gasteiger partial charge in [0.15, 0.2) is 0 Å². The molecule has 0 spiro atoms. The molecule has 1 heterocycles. The third-order valence-corrected chi connectivity index (χ3v) is 3.85. The molecule has 1 saturated carbocycles. The summed E-state index contributed by atoms with van der Waals surface area (Å²) < 4.78 is 24.8. The van der Waals surface area contributed by atoms with E-state index < -0.39 is 6.43 Å². The van der Waals surface area contributed by atoms with E-state index >= 15 is 0 Å². The Morgan fingerprint density at radius 3 is 2.75 bits per heavy atom. The van der Waals surface area contributed by atoms with Crippen LogP contribution in [0.4, 0.5) is 8.78 Å². The van der Waals surface area contributed by atoms with Gasteiger partial charge in [-0.2, -0.15) is 0 Å². The van der Waals surface area contributed by atoms with Gasteiger partial charge in [0.2, 0.25) is 0 Å². The molecule has 2 fully saturated rings. The van der Waals surface area contributed by atoms with Crippen molar-refractivity contribution in [1.29, 1.82) is 0 Å². The number of rotatable bonds is 3. The number of nitrogens with zero attached hydrogens (tertiary/aromatic N) is 1. The summed E-state index contributed by atoms with van der Waals surface area (Å²) in [7, 11) is 0. The van der Waals surface area contributed by atoms with Gasteiger partial charge in [0.05, 0.1) is 6.54 Å². The highest BCUT2D eigenvalue weighted by molar-refractivity contribution is 5.82. The maximum atomic E-state index is 12.4. The van der Waals surface area contributed by atoms with Crippen molar-refractivity contribution in [2.75, 3.05) is 13.1 Å². The van der Waals surface area contributed by atoms with E-state index in [1.807, 2.05) is 4.90 Å². The summed E-state index contributed by atoms with van der Waals surface area (Å²) in [6, 6.07) is 0.0989.